The average molecular weight is 210 g/mol. The Labute approximate surface area is 89.5 Å². The third-order valence-electron chi connectivity index (χ3n) is 1.65. The number of thiocarbonyl (C=S) groups is 1. The van der Waals surface area contributed by atoms with Crippen LogP contribution in [0.3, 0.4) is 0 Å². The lowest BCUT2D eigenvalue weighted by Crippen LogP contribution is -2.23. The maximum atomic E-state index is 5.32. The summed E-state index contributed by atoms with van der Waals surface area (Å²) in [5, 5.41) is 6.47. The fourth-order valence-electron chi connectivity index (χ4n) is 0.995. The lowest BCUT2D eigenvalue weighted by Gasteiger charge is -2.08. The summed E-state index contributed by atoms with van der Waals surface area (Å²) in [6, 6.07) is 7.66. The van der Waals surface area contributed by atoms with Crippen LogP contribution in [0, 0.1) is 0 Å². The zero-order chi connectivity index (χ0) is 10.4. The number of hydrogen-bond donors (Lipinski definition) is 2. The monoisotopic (exact) mass is 210 g/mol. The lowest BCUT2D eigenvalue weighted by molar-refractivity contribution is 0.340. The second kappa shape index (κ2) is 5.44. The first kappa shape index (κ1) is 10.8. The summed E-state index contributed by atoms with van der Waals surface area (Å²) in [4.78, 5) is 0. The fourth-order valence-corrected chi connectivity index (χ4v) is 1.11. The summed E-state index contributed by atoms with van der Waals surface area (Å²) in [5.41, 5.74) is 0.952. The quantitative estimate of drug-likeness (QED) is 0.748. The van der Waals surface area contributed by atoms with E-state index in [1.807, 2.05) is 31.2 Å². The molecule has 0 saturated heterocycles. The van der Waals surface area contributed by atoms with E-state index < -0.39 is 0 Å². The van der Waals surface area contributed by atoms with Gasteiger partial charge in [0.15, 0.2) is 5.11 Å². The third-order valence-corrected chi connectivity index (χ3v) is 1.96. The van der Waals surface area contributed by atoms with Gasteiger partial charge in [0.1, 0.15) is 5.75 Å². The molecule has 0 heterocycles. The second-order valence-corrected chi connectivity index (χ2v) is 3.07. The molecule has 3 nitrogen and oxygen atoms in total. The van der Waals surface area contributed by atoms with E-state index in [1.165, 1.54) is 0 Å². The highest BCUT2D eigenvalue weighted by Gasteiger charge is 1.95. The Kier molecular flexibility index (Phi) is 4.19. The zero-order valence-electron chi connectivity index (χ0n) is 8.33. The molecule has 0 amide bonds. The minimum absolute atomic E-state index is 0.606. The van der Waals surface area contributed by atoms with Crippen molar-refractivity contribution in [3.8, 4) is 5.75 Å². The number of benzene rings is 1. The molecule has 0 fully saturated rings. The minimum Gasteiger partial charge on any atom is -0.494 e. The van der Waals surface area contributed by atoms with Crippen molar-refractivity contribution in [3.63, 3.8) is 0 Å². The van der Waals surface area contributed by atoms with E-state index >= 15 is 0 Å². The molecule has 0 bridgehead atoms. The highest BCUT2D eigenvalue weighted by Crippen LogP contribution is 2.15. The van der Waals surface area contributed by atoms with Gasteiger partial charge in [0, 0.05) is 12.7 Å². The first-order valence-corrected chi connectivity index (χ1v) is 4.88. The molecule has 76 valence electrons. The number of ether oxygens (including phenoxy) is 1. The molecule has 1 rings (SSSR count). The minimum atomic E-state index is 0.606. The maximum absolute atomic E-state index is 5.32. The Morgan fingerprint density at radius 2 is 2.00 bits per heavy atom. The molecule has 14 heavy (non-hydrogen) atoms. The molecule has 0 aromatic heterocycles. The third kappa shape index (κ3) is 3.22. The topological polar surface area (TPSA) is 33.3 Å². The van der Waals surface area contributed by atoms with Gasteiger partial charge in [0.25, 0.3) is 0 Å². The Bertz CT molecular complexity index is 297. The van der Waals surface area contributed by atoms with Crippen LogP contribution in [-0.2, 0) is 0 Å². The van der Waals surface area contributed by atoms with Gasteiger partial charge < -0.3 is 15.4 Å². The second-order valence-electron chi connectivity index (χ2n) is 2.66. The van der Waals surface area contributed by atoms with Gasteiger partial charge in [0.2, 0.25) is 0 Å². The van der Waals surface area contributed by atoms with Gasteiger partial charge in [0.05, 0.1) is 6.61 Å². The Hall–Kier alpha value is -1.29. The van der Waals surface area contributed by atoms with Gasteiger partial charge in [-0.2, -0.15) is 0 Å². The van der Waals surface area contributed by atoms with Crippen molar-refractivity contribution >= 4 is 23.0 Å². The van der Waals surface area contributed by atoms with Crippen LogP contribution in [0.2, 0.25) is 0 Å². The van der Waals surface area contributed by atoms with E-state index in [9.17, 15) is 0 Å². The molecule has 1 aromatic carbocycles. The molecule has 0 aliphatic rings. The summed E-state index contributed by atoms with van der Waals surface area (Å²) < 4.78 is 5.32. The highest BCUT2D eigenvalue weighted by atomic mass is 32.1. The van der Waals surface area contributed by atoms with E-state index in [4.69, 9.17) is 17.0 Å². The number of nitrogens with one attached hydrogen (secondary N) is 2. The van der Waals surface area contributed by atoms with E-state index in [0.717, 1.165) is 11.4 Å². The van der Waals surface area contributed by atoms with Crippen molar-refractivity contribution in [2.75, 3.05) is 19.0 Å². The standard InChI is InChI=1S/C10H14N2OS/c1-3-13-9-6-4-8(5-7-9)12-10(14)11-2/h4-7H,3H2,1-2H3,(H2,11,12,14). The van der Waals surface area contributed by atoms with Crippen LogP contribution in [0.15, 0.2) is 24.3 Å². The molecule has 1 aromatic rings. The number of anilines is 1. The first-order valence-electron chi connectivity index (χ1n) is 4.48. The summed E-state index contributed by atoms with van der Waals surface area (Å²) in [5.74, 6) is 0.869. The molecule has 0 aliphatic carbocycles. The molecule has 0 aliphatic heterocycles. The molecule has 0 unspecified atom stereocenters. The van der Waals surface area contributed by atoms with Crippen molar-refractivity contribution < 1.29 is 4.74 Å². The zero-order valence-corrected chi connectivity index (χ0v) is 9.15. The van der Waals surface area contributed by atoms with Crippen LogP contribution in [0.5, 0.6) is 5.75 Å². The van der Waals surface area contributed by atoms with Crippen LogP contribution in [-0.4, -0.2) is 18.8 Å². The van der Waals surface area contributed by atoms with Crippen LogP contribution < -0.4 is 15.4 Å². The van der Waals surface area contributed by atoms with E-state index in [-0.39, 0.29) is 0 Å². The molecule has 0 spiro atoms. The highest BCUT2D eigenvalue weighted by molar-refractivity contribution is 7.80. The summed E-state index contributed by atoms with van der Waals surface area (Å²) in [7, 11) is 1.78. The normalized spacial score (nSPS) is 9.29. The first-order chi connectivity index (χ1) is 6.76. The SMILES string of the molecule is CCOc1ccc(NC(=S)NC)cc1. The van der Waals surface area contributed by atoms with Gasteiger partial charge in [-0.1, -0.05) is 0 Å². The summed E-state index contributed by atoms with van der Waals surface area (Å²) >= 11 is 4.97. The Morgan fingerprint density at radius 1 is 1.36 bits per heavy atom. The van der Waals surface area contributed by atoms with Crippen LogP contribution >= 0.6 is 12.2 Å². The van der Waals surface area contributed by atoms with Crippen molar-refractivity contribution in [2.24, 2.45) is 0 Å². The molecular formula is C10H14N2OS. The van der Waals surface area contributed by atoms with Gasteiger partial charge >= 0.3 is 0 Å². The molecule has 0 atom stereocenters. The van der Waals surface area contributed by atoms with Gasteiger partial charge in [-0.25, -0.2) is 0 Å². The number of hydrogen-bond acceptors (Lipinski definition) is 2. The number of rotatable bonds is 3. The predicted octanol–water partition coefficient (Wildman–Crippen LogP) is 2.00. The van der Waals surface area contributed by atoms with Gasteiger partial charge in [-0.15, -0.1) is 0 Å². The van der Waals surface area contributed by atoms with E-state index in [2.05, 4.69) is 10.6 Å². The summed E-state index contributed by atoms with van der Waals surface area (Å²) in [6.45, 7) is 2.64. The largest absolute Gasteiger partial charge is 0.494 e. The Morgan fingerprint density at radius 3 is 2.50 bits per heavy atom. The lowest BCUT2D eigenvalue weighted by atomic mass is 10.3. The van der Waals surface area contributed by atoms with Crippen LogP contribution in [0.4, 0.5) is 5.69 Å². The molecule has 0 saturated carbocycles. The van der Waals surface area contributed by atoms with E-state index in [1.54, 1.807) is 7.05 Å². The van der Waals surface area contributed by atoms with Crippen LogP contribution in [0.25, 0.3) is 0 Å². The fraction of sp³-hybridized carbons (Fsp3) is 0.300. The Balaban J connectivity index is 2.59. The summed E-state index contributed by atoms with van der Waals surface area (Å²) in [6.07, 6.45) is 0. The van der Waals surface area contributed by atoms with Crippen LogP contribution in [0.1, 0.15) is 6.92 Å². The van der Waals surface area contributed by atoms with E-state index in [0.29, 0.717) is 11.7 Å². The van der Waals surface area contributed by atoms with Crippen molar-refractivity contribution in [2.45, 2.75) is 6.92 Å². The van der Waals surface area contributed by atoms with Gasteiger partial charge in [-0.3, -0.25) is 0 Å². The van der Waals surface area contributed by atoms with Crippen molar-refractivity contribution in [3.05, 3.63) is 24.3 Å². The van der Waals surface area contributed by atoms with Gasteiger partial charge in [-0.05, 0) is 43.4 Å². The molecule has 4 heteroatoms. The van der Waals surface area contributed by atoms with Crippen molar-refractivity contribution in [1.29, 1.82) is 0 Å². The molecule has 2 N–H and O–H groups in total. The smallest absolute Gasteiger partial charge is 0.170 e. The maximum Gasteiger partial charge on any atom is 0.170 e. The van der Waals surface area contributed by atoms with Crippen molar-refractivity contribution in [1.82, 2.24) is 5.32 Å². The molecule has 0 radical (unpaired) electrons. The average Bonchev–Trinajstić information content (AvgIpc) is 2.21. The predicted molar refractivity (Wildman–Crippen MR) is 62.9 cm³/mol. The molecular weight excluding hydrogens is 196 g/mol.